The minimum atomic E-state index is -0.432. The van der Waals surface area contributed by atoms with Crippen molar-refractivity contribution in [2.45, 2.75) is 0 Å². The smallest absolute Gasteiger partial charge is 0.279 e. The van der Waals surface area contributed by atoms with Crippen molar-refractivity contribution in [3.63, 3.8) is 0 Å². The van der Waals surface area contributed by atoms with Gasteiger partial charge in [-0.3, -0.25) is 9.59 Å². The monoisotopic (exact) mass is 436 g/mol. The predicted molar refractivity (Wildman–Crippen MR) is 121 cm³/mol. The van der Waals surface area contributed by atoms with Gasteiger partial charge in [-0.1, -0.05) is 24.3 Å². The highest BCUT2D eigenvalue weighted by Crippen LogP contribution is 2.36. The van der Waals surface area contributed by atoms with Crippen molar-refractivity contribution in [1.82, 2.24) is 0 Å². The zero-order valence-electron chi connectivity index (χ0n) is 17.7. The Morgan fingerprint density at radius 2 is 1.69 bits per heavy atom. The maximum absolute atomic E-state index is 13.3. The largest absolute Gasteiger partial charge is 0.495 e. The fourth-order valence-electron chi connectivity index (χ4n) is 3.59. The summed E-state index contributed by atoms with van der Waals surface area (Å²) in [5.74, 6) is -0.519. The van der Waals surface area contributed by atoms with Crippen molar-refractivity contribution in [1.29, 1.82) is 0 Å². The molecule has 1 unspecified atom stereocenters. The Kier molecular flexibility index (Phi) is 6.04. The molecule has 0 bridgehead atoms. The zero-order chi connectivity index (χ0) is 22.7. The van der Waals surface area contributed by atoms with E-state index in [4.69, 9.17) is 9.15 Å². The molecule has 3 N–H and O–H groups in total. The lowest BCUT2D eigenvalue weighted by atomic mass is 10.1. The molecule has 3 aromatic carbocycles. The van der Waals surface area contributed by atoms with Crippen molar-refractivity contribution in [3.05, 3.63) is 66.5 Å². The molecule has 1 aromatic heterocycles. The highest BCUT2D eigenvalue weighted by Gasteiger charge is 2.18. The number of benzene rings is 3. The normalized spacial score (nSPS) is 12.0. The minimum absolute atomic E-state index is 0.0453. The first-order valence-corrected chi connectivity index (χ1v) is 10.1. The third-order valence-electron chi connectivity index (χ3n) is 5.01. The molecule has 8 heteroatoms. The molecule has 0 aliphatic rings. The quantitative estimate of drug-likeness (QED) is 0.416. The number of hydrogen-bond donors (Lipinski definition) is 3. The third-order valence-corrected chi connectivity index (χ3v) is 5.01. The summed E-state index contributed by atoms with van der Waals surface area (Å²) in [6.07, 6.45) is 0. The average molecular weight is 436 g/mol. The van der Waals surface area contributed by atoms with E-state index in [-0.39, 0.29) is 24.9 Å². The van der Waals surface area contributed by atoms with Crippen LogP contribution in [0.25, 0.3) is 21.9 Å². The van der Waals surface area contributed by atoms with Crippen LogP contribution in [-0.4, -0.2) is 39.1 Å². The number of carbonyl (C=O) groups is 2. The number of hydrogen-bond acceptors (Lipinski definition) is 4. The van der Waals surface area contributed by atoms with Crippen molar-refractivity contribution < 1.29 is 28.0 Å². The van der Waals surface area contributed by atoms with Crippen LogP contribution in [0.5, 0.6) is 5.75 Å². The average Bonchev–Trinajstić information content (AvgIpc) is 3.10. The highest BCUT2D eigenvalue weighted by molar-refractivity contribution is 6.07. The van der Waals surface area contributed by atoms with Gasteiger partial charge in [-0.25, -0.2) is 4.39 Å². The fourth-order valence-corrected chi connectivity index (χ4v) is 3.59. The molecule has 0 fully saturated rings. The molecule has 4 aromatic rings. The number of methoxy groups -OCH3 is 1. The number of furan rings is 1. The molecule has 0 saturated heterocycles. The summed E-state index contributed by atoms with van der Waals surface area (Å²) >= 11 is 0. The second kappa shape index (κ2) is 9.07. The van der Waals surface area contributed by atoms with Crippen LogP contribution < -0.4 is 20.3 Å². The summed E-state index contributed by atoms with van der Waals surface area (Å²) in [6.45, 7) is 0.0988. The number of ether oxygens (including phenoxy) is 1. The Hall–Kier alpha value is -3.91. The summed E-state index contributed by atoms with van der Waals surface area (Å²) in [7, 11) is 3.26. The number of nitrogens with one attached hydrogen (secondary N) is 3. The molecule has 0 aliphatic heterocycles. The lowest BCUT2D eigenvalue weighted by molar-refractivity contribution is -0.862. The first kappa shape index (κ1) is 21.3. The molecule has 0 spiro atoms. The summed E-state index contributed by atoms with van der Waals surface area (Å²) in [5, 5.41) is 7.32. The van der Waals surface area contributed by atoms with Gasteiger partial charge in [0.2, 0.25) is 0 Å². The molecular weight excluding hydrogens is 413 g/mol. The van der Waals surface area contributed by atoms with Crippen molar-refractivity contribution >= 4 is 45.1 Å². The Labute approximate surface area is 183 Å². The number of para-hydroxylation sites is 1. The van der Waals surface area contributed by atoms with Gasteiger partial charge < -0.3 is 24.7 Å². The van der Waals surface area contributed by atoms with Gasteiger partial charge in [0.05, 0.1) is 19.8 Å². The van der Waals surface area contributed by atoms with E-state index in [2.05, 4.69) is 10.6 Å². The second-order valence-corrected chi connectivity index (χ2v) is 7.56. The molecule has 0 saturated carbocycles. The van der Waals surface area contributed by atoms with Gasteiger partial charge >= 0.3 is 0 Å². The van der Waals surface area contributed by atoms with Crippen molar-refractivity contribution in [2.75, 3.05) is 37.9 Å². The van der Waals surface area contributed by atoms with E-state index in [1.54, 1.807) is 19.2 Å². The van der Waals surface area contributed by atoms with Gasteiger partial charge in [0.15, 0.2) is 13.1 Å². The Balaban J connectivity index is 1.41. The summed E-state index contributed by atoms with van der Waals surface area (Å²) in [6, 6.07) is 16.9. The molecule has 4 rings (SSSR count). The molecule has 2 amide bonds. The Morgan fingerprint density at radius 3 is 2.44 bits per heavy atom. The van der Waals surface area contributed by atoms with Crippen LogP contribution in [0.4, 0.5) is 15.8 Å². The SMILES string of the molecule is COc1cc2c(cc1NC(=O)C[NH+](C)CC(=O)Nc1cccc(F)c1)oc1ccccc12. The fraction of sp³-hybridized carbons (Fsp3) is 0.167. The standard InChI is InChI=1S/C24H22FN3O4/c1-28(13-23(29)26-16-7-5-6-15(25)10-16)14-24(30)27-19-12-21-18(11-22(19)31-2)17-8-3-4-9-20(17)32-21/h3-12H,13-14H2,1-2H3,(H,26,29)(H,27,30)/p+1. The highest BCUT2D eigenvalue weighted by atomic mass is 19.1. The Bertz CT molecular complexity index is 1300. The van der Waals surface area contributed by atoms with E-state index in [0.717, 1.165) is 16.4 Å². The van der Waals surface area contributed by atoms with Gasteiger partial charge in [0, 0.05) is 22.5 Å². The minimum Gasteiger partial charge on any atom is -0.495 e. The maximum Gasteiger partial charge on any atom is 0.279 e. The molecule has 1 heterocycles. The molecule has 0 aliphatic carbocycles. The van der Waals surface area contributed by atoms with E-state index in [1.165, 1.54) is 25.3 Å². The van der Waals surface area contributed by atoms with Crippen molar-refractivity contribution in [3.8, 4) is 5.75 Å². The number of fused-ring (bicyclic) bond motifs is 3. The van der Waals surface area contributed by atoms with Crippen LogP contribution >= 0.6 is 0 Å². The number of carbonyl (C=O) groups excluding carboxylic acids is 2. The number of quaternary nitrogens is 1. The van der Waals surface area contributed by atoms with Gasteiger partial charge in [-0.2, -0.15) is 0 Å². The van der Waals surface area contributed by atoms with E-state index in [1.807, 2.05) is 30.3 Å². The van der Waals surface area contributed by atoms with Gasteiger partial charge in [0.25, 0.3) is 11.8 Å². The lowest BCUT2D eigenvalue weighted by Gasteiger charge is -2.15. The van der Waals surface area contributed by atoms with Gasteiger partial charge in [0.1, 0.15) is 22.7 Å². The first-order chi connectivity index (χ1) is 15.4. The Morgan fingerprint density at radius 1 is 0.938 bits per heavy atom. The third kappa shape index (κ3) is 4.70. The number of amides is 2. The van der Waals surface area contributed by atoms with Crippen LogP contribution in [-0.2, 0) is 9.59 Å². The first-order valence-electron chi connectivity index (χ1n) is 10.1. The van der Waals surface area contributed by atoms with E-state index in [9.17, 15) is 14.0 Å². The van der Waals surface area contributed by atoms with Crippen LogP contribution in [0.15, 0.2) is 65.1 Å². The van der Waals surface area contributed by atoms with Crippen LogP contribution in [0.3, 0.4) is 0 Å². The number of rotatable bonds is 7. The summed E-state index contributed by atoms with van der Waals surface area (Å²) in [5.41, 5.74) is 2.25. The molecule has 1 atom stereocenters. The van der Waals surface area contributed by atoms with Crippen LogP contribution in [0.2, 0.25) is 0 Å². The van der Waals surface area contributed by atoms with E-state index >= 15 is 0 Å². The lowest BCUT2D eigenvalue weighted by Crippen LogP contribution is -3.11. The van der Waals surface area contributed by atoms with E-state index < -0.39 is 5.82 Å². The second-order valence-electron chi connectivity index (χ2n) is 7.56. The molecule has 32 heavy (non-hydrogen) atoms. The van der Waals surface area contributed by atoms with Crippen LogP contribution in [0, 0.1) is 5.82 Å². The van der Waals surface area contributed by atoms with Gasteiger partial charge in [-0.05, 0) is 30.3 Å². The molecule has 7 nitrogen and oxygen atoms in total. The van der Waals surface area contributed by atoms with Crippen molar-refractivity contribution in [2.24, 2.45) is 0 Å². The predicted octanol–water partition coefficient (Wildman–Crippen LogP) is 2.83. The molecule has 0 radical (unpaired) electrons. The van der Waals surface area contributed by atoms with Gasteiger partial charge in [-0.15, -0.1) is 0 Å². The topological polar surface area (TPSA) is 85.0 Å². The summed E-state index contributed by atoms with van der Waals surface area (Å²) < 4.78 is 24.6. The van der Waals surface area contributed by atoms with Crippen LogP contribution in [0.1, 0.15) is 0 Å². The maximum atomic E-state index is 13.3. The zero-order valence-corrected chi connectivity index (χ0v) is 17.7. The number of likely N-dealkylation sites (N-methyl/N-ethyl adjacent to an activating group) is 1. The molecular formula is C24H23FN3O4+. The van der Waals surface area contributed by atoms with E-state index in [0.29, 0.717) is 27.6 Å². The molecule has 164 valence electrons. The summed E-state index contributed by atoms with van der Waals surface area (Å²) in [4.78, 5) is 25.4. The number of halogens is 1. The number of anilines is 2.